The van der Waals surface area contributed by atoms with Crippen LogP contribution >= 0.6 is 12.2 Å². The SMILES string of the molecule is Cc1cc(C)nc(NC(=NC2CC(C)(C)NC(C)(C)C2)NC(=S)Nc2ccc(Oc3ccccc3)cc2)n1. The van der Waals surface area contributed by atoms with Crippen molar-refractivity contribution in [2.45, 2.75) is 71.5 Å². The van der Waals surface area contributed by atoms with E-state index in [1.165, 1.54) is 0 Å². The number of aryl methyl sites for hydroxylation is 2. The first-order valence-electron chi connectivity index (χ1n) is 12.8. The Hall–Kier alpha value is -3.56. The largest absolute Gasteiger partial charge is 0.457 e. The van der Waals surface area contributed by atoms with Gasteiger partial charge in [-0.25, -0.2) is 15.0 Å². The molecule has 1 saturated heterocycles. The topological polar surface area (TPSA) is 95.5 Å². The molecule has 0 saturated carbocycles. The Morgan fingerprint density at radius 3 is 2.08 bits per heavy atom. The van der Waals surface area contributed by atoms with Crippen molar-refractivity contribution in [3.63, 3.8) is 0 Å². The Morgan fingerprint density at radius 1 is 0.895 bits per heavy atom. The van der Waals surface area contributed by atoms with Crippen molar-refractivity contribution >= 4 is 34.9 Å². The Kier molecular flexibility index (Phi) is 8.28. The molecular formula is C29H37N7OS. The van der Waals surface area contributed by atoms with Crippen LogP contribution in [0, 0.1) is 13.8 Å². The van der Waals surface area contributed by atoms with Crippen molar-refractivity contribution in [3.05, 3.63) is 72.1 Å². The first kappa shape index (κ1) is 27.5. The minimum atomic E-state index is -0.0419. The quantitative estimate of drug-likeness (QED) is 0.182. The molecule has 3 aromatic rings. The van der Waals surface area contributed by atoms with Gasteiger partial charge in [0, 0.05) is 28.2 Å². The first-order valence-corrected chi connectivity index (χ1v) is 13.2. The summed E-state index contributed by atoms with van der Waals surface area (Å²) in [7, 11) is 0. The zero-order valence-electron chi connectivity index (χ0n) is 22.9. The molecule has 9 heteroatoms. The van der Waals surface area contributed by atoms with Crippen LogP contribution in [0.1, 0.15) is 51.9 Å². The lowest BCUT2D eigenvalue weighted by molar-refractivity contribution is 0.164. The fourth-order valence-corrected chi connectivity index (χ4v) is 5.24. The average Bonchev–Trinajstić information content (AvgIpc) is 2.78. The summed E-state index contributed by atoms with van der Waals surface area (Å²) < 4.78 is 5.88. The molecule has 4 rings (SSSR count). The lowest BCUT2D eigenvalue weighted by Crippen LogP contribution is -2.59. The number of nitrogens with one attached hydrogen (secondary N) is 4. The van der Waals surface area contributed by atoms with Crippen LogP contribution in [0.2, 0.25) is 0 Å². The molecule has 0 bridgehead atoms. The van der Waals surface area contributed by atoms with E-state index in [1.807, 2.05) is 74.5 Å². The zero-order chi connectivity index (χ0) is 27.3. The number of para-hydroxylation sites is 1. The van der Waals surface area contributed by atoms with Crippen molar-refractivity contribution in [3.8, 4) is 11.5 Å². The van der Waals surface area contributed by atoms with Crippen LogP contribution in [0.15, 0.2) is 65.7 Å². The number of aromatic nitrogens is 2. The van der Waals surface area contributed by atoms with Gasteiger partial charge < -0.3 is 20.7 Å². The number of hydrogen-bond donors (Lipinski definition) is 4. The monoisotopic (exact) mass is 531 g/mol. The second-order valence-corrected chi connectivity index (χ2v) is 11.5. The minimum absolute atomic E-state index is 0.0419. The van der Waals surface area contributed by atoms with Crippen molar-refractivity contribution in [1.29, 1.82) is 0 Å². The number of rotatable bonds is 5. The van der Waals surface area contributed by atoms with Crippen molar-refractivity contribution in [2.24, 2.45) is 4.99 Å². The predicted molar refractivity (Wildman–Crippen MR) is 159 cm³/mol. The fraction of sp³-hybridized carbons (Fsp3) is 0.379. The second-order valence-electron chi connectivity index (χ2n) is 11.1. The van der Waals surface area contributed by atoms with E-state index < -0.39 is 0 Å². The van der Waals surface area contributed by atoms with Gasteiger partial charge in [0.2, 0.25) is 11.9 Å². The van der Waals surface area contributed by atoms with Crippen molar-refractivity contribution in [2.75, 3.05) is 10.6 Å². The van der Waals surface area contributed by atoms with Crippen molar-refractivity contribution < 1.29 is 4.74 Å². The molecule has 0 radical (unpaired) electrons. The summed E-state index contributed by atoms with van der Waals surface area (Å²) in [5, 5.41) is 13.9. The van der Waals surface area contributed by atoms with Gasteiger partial charge >= 0.3 is 0 Å². The first-order chi connectivity index (χ1) is 17.9. The van der Waals surface area contributed by atoms with Crippen LogP contribution in [-0.2, 0) is 0 Å². The molecule has 0 unspecified atom stereocenters. The van der Waals surface area contributed by atoms with Gasteiger partial charge in [0.25, 0.3) is 0 Å². The highest BCUT2D eigenvalue weighted by Crippen LogP contribution is 2.30. The number of hydrogen-bond acceptors (Lipinski definition) is 6. The van der Waals surface area contributed by atoms with E-state index in [-0.39, 0.29) is 17.1 Å². The predicted octanol–water partition coefficient (Wildman–Crippen LogP) is 5.95. The summed E-state index contributed by atoms with van der Waals surface area (Å²) in [5.74, 6) is 2.52. The number of piperidine rings is 1. The van der Waals surface area contributed by atoms with E-state index in [0.29, 0.717) is 17.0 Å². The maximum absolute atomic E-state index is 5.88. The third-order valence-corrected chi connectivity index (χ3v) is 6.22. The summed E-state index contributed by atoms with van der Waals surface area (Å²) in [6.45, 7) is 12.7. The smallest absolute Gasteiger partial charge is 0.229 e. The number of ether oxygens (including phenoxy) is 1. The van der Waals surface area contributed by atoms with E-state index in [9.17, 15) is 0 Å². The number of aliphatic imine (C=N–C) groups is 1. The molecule has 4 N–H and O–H groups in total. The molecule has 0 atom stereocenters. The van der Waals surface area contributed by atoms with E-state index in [2.05, 4.69) is 58.9 Å². The summed E-state index contributed by atoms with van der Waals surface area (Å²) in [6, 6.07) is 19.3. The van der Waals surface area contributed by atoms with Gasteiger partial charge in [0.1, 0.15) is 11.5 Å². The highest BCUT2D eigenvalue weighted by atomic mass is 32.1. The van der Waals surface area contributed by atoms with Crippen molar-refractivity contribution in [1.82, 2.24) is 20.6 Å². The van der Waals surface area contributed by atoms with Gasteiger partial charge in [-0.1, -0.05) is 18.2 Å². The normalized spacial score (nSPS) is 16.9. The maximum Gasteiger partial charge on any atom is 0.229 e. The molecule has 0 aliphatic carbocycles. The highest BCUT2D eigenvalue weighted by molar-refractivity contribution is 7.80. The number of guanidine groups is 1. The molecule has 8 nitrogen and oxygen atoms in total. The van der Waals surface area contributed by atoms with Gasteiger partial charge in [-0.05, 0) is 109 Å². The van der Waals surface area contributed by atoms with Gasteiger partial charge in [0.05, 0.1) is 6.04 Å². The summed E-state index contributed by atoms with van der Waals surface area (Å²) >= 11 is 5.65. The Morgan fingerprint density at radius 2 is 1.47 bits per heavy atom. The highest BCUT2D eigenvalue weighted by Gasteiger charge is 2.37. The molecule has 1 aromatic heterocycles. The standard InChI is InChI=1S/C29H37N7OS/c1-19-16-20(2)31-25(30-19)34-26(32-22-17-28(3,4)36-29(5,6)18-22)35-27(38)33-21-12-14-24(15-13-21)37-23-10-8-7-9-11-23/h7-16,22,36H,17-18H2,1-6H3,(H3,30,31,32,33,34,35,38). The third-order valence-electron chi connectivity index (χ3n) is 6.02. The summed E-state index contributed by atoms with van der Waals surface area (Å²) in [4.78, 5) is 14.1. The Labute approximate surface area is 230 Å². The second kappa shape index (κ2) is 11.4. The van der Waals surface area contributed by atoms with Crippen LogP contribution in [-0.4, -0.2) is 38.2 Å². The van der Waals surface area contributed by atoms with Gasteiger partial charge in [0.15, 0.2) is 5.11 Å². The number of anilines is 2. The number of benzene rings is 2. The third kappa shape index (κ3) is 8.22. The molecule has 2 aromatic carbocycles. The average molecular weight is 532 g/mol. The van der Waals surface area contributed by atoms with Gasteiger partial charge in [-0.2, -0.15) is 0 Å². The maximum atomic E-state index is 5.88. The molecule has 1 aliphatic rings. The number of nitrogens with zero attached hydrogens (tertiary/aromatic N) is 3. The van der Waals surface area contributed by atoms with Crippen LogP contribution in [0.25, 0.3) is 0 Å². The molecule has 0 spiro atoms. The summed E-state index contributed by atoms with van der Waals surface area (Å²) in [6.07, 6.45) is 1.78. The van der Waals surface area contributed by atoms with Crippen LogP contribution in [0.4, 0.5) is 11.6 Å². The van der Waals surface area contributed by atoms with E-state index in [4.69, 9.17) is 21.9 Å². The van der Waals surface area contributed by atoms with Gasteiger partial charge in [-0.3, -0.25) is 5.32 Å². The van der Waals surface area contributed by atoms with Crippen LogP contribution in [0.3, 0.4) is 0 Å². The van der Waals surface area contributed by atoms with Crippen LogP contribution in [0.5, 0.6) is 11.5 Å². The van der Waals surface area contributed by atoms with Crippen LogP contribution < -0.4 is 26.0 Å². The zero-order valence-corrected chi connectivity index (χ0v) is 23.7. The summed E-state index contributed by atoms with van der Waals surface area (Å²) in [5.41, 5.74) is 2.50. The lowest BCUT2D eigenvalue weighted by atomic mass is 9.80. The van der Waals surface area contributed by atoms with E-state index in [0.717, 1.165) is 41.4 Å². The Bertz CT molecular complexity index is 1250. The molecule has 1 aliphatic heterocycles. The fourth-order valence-electron chi connectivity index (χ4n) is 5.03. The number of thiocarbonyl (C=S) groups is 1. The molecule has 2 heterocycles. The Balaban J connectivity index is 1.48. The molecule has 1 fully saturated rings. The molecular weight excluding hydrogens is 494 g/mol. The van der Waals surface area contributed by atoms with E-state index in [1.54, 1.807) is 0 Å². The molecule has 200 valence electrons. The van der Waals surface area contributed by atoms with E-state index >= 15 is 0 Å². The lowest BCUT2D eigenvalue weighted by Gasteiger charge is -2.45. The molecule has 0 amide bonds. The minimum Gasteiger partial charge on any atom is -0.457 e. The van der Waals surface area contributed by atoms with Gasteiger partial charge in [-0.15, -0.1) is 0 Å². The molecule has 38 heavy (non-hydrogen) atoms.